The quantitative estimate of drug-likeness (QED) is 0.546. The van der Waals surface area contributed by atoms with Gasteiger partial charge in [-0.15, -0.1) is 0 Å². The normalized spacial score (nSPS) is 16.3. The van der Waals surface area contributed by atoms with Gasteiger partial charge in [0.2, 0.25) is 5.91 Å². The van der Waals surface area contributed by atoms with Crippen LogP contribution in [0.4, 0.5) is 0 Å². The van der Waals surface area contributed by atoms with Crippen LogP contribution in [0.3, 0.4) is 0 Å². The number of rotatable bonds is 6. The van der Waals surface area contributed by atoms with Gasteiger partial charge in [-0.25, -0.2) is 4.98 Å². The molecule has 0 bridgehead atoms. The SMILES string of the molecule is O=C(NCCCc1nc2ccccc2[nH]1)c1n[nH]c2c1CCN(C(=O)C1CCC1)C2. The predicted molar refractivity (Wildman–Crippen MR) is 112 cm³/mol. The van der Waals surface area contributed by atoms with E-state index < -0.39 is 0 Å². The molecular formula is C22H26N6O2. The summed E-state index contributed by atoms with van der Waals surface area (Å²) >= 11 is 0. The monoisotopic (exact) mass is 406 g/mol. The maximum atomic E-state index is 12.6. The van der Waals surface area contributed by atoms with Crippen molar-refractivity contribution in [3.05, 3.63) is 47.0 Å². The minimum atomic E-state index is -0.157. The number of carbonyl (C=O) groups excluding carboxylic acids is 2. The maximum Gasteiger partial charge on any atom is 0.272 e. The van der Waals surface area contributed by atoms with Crippen molar-refractivity contribution < 1.29 is 9.59 Å². The van der Waals surface area contributed by atoms with Crippen LogP contribution >= 0.6 is 0 Å². The fourth-order valence-electron chi connectivity index (χ4n) is 4.27. The lowest BCUT2D eigenvalue weighted by Crippen LogP contribution is -2.42. The molecule has 2 aromatic heterocycles. The lowest BCUT2D eigenvalue weighted by atomic mass is 9.84. The van der Waals surface area contributed by atoms with Crippen molar-refractivity contribution >= 4 is 22.8 Å². The van der Waals surface area contributed by atoms with Gasteiger partial charge < -0.3 is 15.2 Å². The molecule has 2 aliphatic rings. The average molecular weight is 406 g/mol. The van der Waals surface area contributed by atoms with Gasteiger partial charge in [0.05, 0.1) is 23.3 Å². The Morgan fingerprint density at radius 2 is 2.10 bits per heavy atom. The Balaban J connectivity index is 1.13. The fraction of sp³-hybridized carbons (Fsp3) is 0.455. The second-order valence-corrected chi connectivity index (χ2v) is 8.23. The van der Waals surface area contributed by atoms with Gasteiger partial charge in [0.25, 0.3) is 5.91 Å². The van der Waals surface area contributed by atoms with Crippen molar-refractivity contribution in [2.75, 3.05) is 13.1 Å². The van der Waals surface area contributed by atoms with Crippen molar-refractivity contribution in [3.63, 3.8) is 0 Å². The van der Waals surface area contributed by atoms with E-state index in [1.807, 2.05) is 29.2 Å². The zero-order chi connectivity index (χ0) is 20.5. The number of hydrogen-bond donors (Lipinski definition) is 3. The third-order valence-corrected chi connectivity index (χ3v) is 6.23. The molecule has 156 valence electrons. The molecule has 30 heavy (non-hydrogen) atoms. The van der Waals surface area contributed by atoms with E-state index in [-0.39, 0.29) is 17.7 Å². The summed E-state index contributed by atoms with van der Waals surface area (Å²) in [5, 5.41) is 10.2. The first-order valence-corrected chi connectivity index (χ1v) is 10.8. The number of benzene rings is 1. The van der Waals surface area contributed by atoms with Gasteiger partial charge in [-0.2, -0.15) is 5.10 Å². The van der Waals surface area contributed by atoms with Gasteiger partial charge in [-0.1, -0.05) is 18.6 Å². The minimum Gasteiger partial charge on any atom is -0.351 e. The molecule has 1 fully saturated rings. The lowest BCUT2D eigenvalue weighted by Gasteiger charge is -2.33. The van der Waals surface area contributed by atoms with E-state index in [4.69, 9.17) is 0 Å². The number of nitrogens with one attached hydrogen (secondary N) is 3. The standard InChI is InChI=1S/C22H26N6O2/c29-21(23-11-4-9-19-24-16-7-1-2-8-17(16)25-19)20-15-10-12-28(13-18(15)26-27-20)22(30)14-5-3-6-14/h1-2,7-8,14H,3-6,9-13H2,(H,23,29)(H,24,25)(H,26,27). The molecule has 0 radical (unpaired) electrons. The first kappa shape index (κ1) is 18.8. The number of H-pyrrole nitrogens is 2. The second-order valence-electron chi connectivity index (χ2n) is 8.23. The Kier molecular flexibility index (Phi) is 4.98. The number of imidazole rings is 1. The number of aromatic amines is 2. The zero-order valence-electron chi connectivity index (χ0n) is 16.9. The number of aryl methyl sites for hydroxylation is 1. The fourth-order valence-corrected chi connectivity index (χ4v) is 4.27. The molecule has 0 unspecified atom stereocenters. The highest BCUT2D eigenvalue weighted by molar-refractivity contribution is 5.94. The molecule has 1 aliphatic carbocycles. The highest BCUT2D eigenvalue weighted by Crippen LogP contribution is 2.30. The molecule has 0 atom stereocenters. The molecule has 8 heteroatoms. The predicted octanol–water partition coefficient (Wildman–Crippen LogP) is 2.33. The molecule has 3 heterocycles. The minimum absolute atomic E-state index is 0.157. The van der Waals surface area contributed by atoms with E-state index in [0.29, 0.717) is 31.7 Å². The summed E-state index contributed by atoms with van der Waals surface area (Å²) < 4.78 is 0. The summed E-state index contributed by atoms with van der Waals surface area (Å²) in [6.07, 6.45) is 5.40. The highest BCUT2D eigenvalue weighted by atomic mass is 16.2. The van der Waals surface area contributed by atoms with Crippen LogP contribution < -0.4 is 5.32 Å². The topological polar surface area (TPSA) is 107 Å². The van der Waals surface area contributed by atoms with Crippen molar-refractivity contribution in [3.8, 4) is 0 Å². The van der Waals surface area contributed by atoms with E-state index >= 15 is 0 Å². The van der Waals surface area contributed by atoms with E-state index in [1.165, 1.54) is 0 Å². The van der Waals surface area contributed by atoms with Crippen LogP contribution in [0.15, 0.2) is 24.3 Å². The molecular weight excluding hydrogens is 380 g/mol. The Hall–Kier alpha value is -3.16. The second kappa shape index (κ2) is 7.93. The molecule has 1 aromatic carbocycles. The molecule has 8 nitrogen and oxygen atoms in total. The van der Waals surface area contributed by atoms with Gasteiger partial charge >= 0.3 is 0 Å². The van der Waals surface area contributed by atoms with Crippen LogP contribution in [0.1, 0.15) is 53.3 Å². The average Bonchev–Trinajstić information content (AvgIpc) is 3.32. The van der Waals surface area contributed by atoms with Crippen LogP contribution in [0.2, 0.25) is 0 Å². The Labute approximate surface area is 174 Å². The van der Waals surface area contributed by atoms with Gasteiger partial charge in [0.1, 0.15) is 5.82 Å². The number of fused-ring (bicyclic) bond motifs is 2. The van der Waals surface area contributed by atoms with E-state index in [1.54, 1.807) is 0 Å². The number of nitrogens with zero attached hydrogens (tertiary/aromatic N) is 3. The molecule has 5 rings (SSSR count). The number of amides is 2. The van der Waals surface area contributed by atoms with Crippen LogP contribution in [0.5, 0.6) is 0 Å². The lowest BCUT2D eigenvalue weighted by molar-refractivity contribution is -0.139. The number of aromatic nitrogens is 4. The van der Waals surface area contributed by atoms with Gasteiger partial charge in [0.15, 0.2) is 5.69 Å². The molecule has 1 saturated carbocycles. The summed E-state index contributed by atoms with van der Waals surface area (Å²) in [4.78, 5) is 34.9. The summed E-state index contributed by atoms with van der Waals surface area (Å²) in [5.74, 6) is 1.22. The largest absolute Gasteiger partial charge is 0.351 e. The number of para-hydroxylation sites is 2. The van der Waals surface area contributed by atoms with Crippen molar-refractivity contribution in [1.29, 1.82) is 0 Å². The smallest absolute Gasteiger partial charge is 0.272 e. The Morgan fingerprint density at radius 1 is 1.23 bits per heavy atom. The highest BCUT2D eigenvalue weighted by Gasteiger charge is 2.33. The molecule has 0 saturated heterocycles. The molecule has 3 aromatic rings. The Bertz CT molecular complexity index is 1050. The summed E-state index contributed by atoms with van der Waals surface area (Å²) in [5.41, 5.74) is 4.29. The summed E-state index contributed by atoms with van der Waals surface area (Å²) in [6.45, 7) is 1.75. The number of hydrogen-bond acceptors (Lipinski definition) is 4. The van der Waals surface area contributed by atoms with Crippen LogP contribution in [0, 0.1) is 5.92 Å². The zero-order valence-corrected chi connectivity index (χ0v) is 16.9. The third kappa shape index (κ3) is 3.58. The number of carbonyl (C=O) groups is 2. The molecule has 2 amide bonds. The van der Waals surface area contributed by atoms with Crippen molar-refractivity contribution in [1.82, 2.24) is 30.4 Å². The van der Waals surface area contributed by atoms with E-state index in [2.05, 4.69) is 25.5 Å². The van der Waals surface area contributed by atoms with Gasteiger partial charge in [-0.05, 0) is 37.8 Å². The third-order valence-electron chi connectivity index (χ3n) is 6.23. The van der Waals surface area contributed by atoms with Crippen molar-refractivity contribution in [2.24, 2.45) is 5.92 Å². The van der Waals surface area contributed by atoms with Crippen LogP contribution in [-0.2, 0) is 24.2 Å². The van der Waals surface area contributed by atoms with Gasteiger partial charge in [0, 0.05) is 31.0 Å². The molecule has 3 N–H and O–H groups in total. The summed E-state index contributed by atoms with van der Waals surface area (Å²) in [6, 6.07) is 7.95. The maximum absolute atomic E-state index is 12.6. The first-order valence-electron chi connectivity index (χ1n) is 10.8. The van der Waals surface area contributed by atoms with E-state index in [0.717, 1.165) is 60.2 Å². The van der Waals surface area contributed by atoms with Gasteiger partial charge in [-0.3, -0.25) is 14.7 Å². The van der Waals surface area contributed by atoms with Crippen LogP contribution in [0.25, 0.3) is 11.0 Å². The van der Waals surface area contributed by atoms with Crippen molar-refractivity contribution in [2.45, 2.75) is 45.1 Å². The first-order chi connectivity index (χ1) is 14.7. The molecule has 0 spiro atoms. The van der Waals surface area contributed by atoms with Crippen LogP contribution in [-0.4, -0.2) is 50.0 Å². The molecule has 1 aliphatic heterocycles. The van der Waals surface area contributed by atoms with E-state index in [9.17, 15) is 9.59 Å². The Morgan fingerprint density at radius 3 is 2.90 bits per heavy atom. The summed E-state index contributed by atoms with van der Waals surface area (Å²) in [7, 11) is 0.